The minimum absolute atomic E-state index is 0.0315. The van der Waals surface area contributed by atoms with Crippen molar-refractivity contribution in [3.63, 3.8) is 0 Å². The molecule has 0 fully saturated rings. The van der Waals surface area contributed by atoms with Crippen LogP contribution in [0.25, 0.3) is 10.9 Å². The quantitative estimate of drug-likeness (QED) is 0.424. The summed E-state index contributed by atoms with van der Waals surface area (Å²) >= 11 is 3.43. The molecule has 1 aromatic heterocycles. The molecule has 0 aliphatic carbocycles. The van der Waals surface area contributed by atoms with Gasteiger partial charge in [0, 0.05) is 16.5 Å². The van der Waals surface area contributed by atoms with E-state index in [0.717, 1.165) is 22.9 Å². The fourth-order valence-corrected chi connectivity index (χ4v) is 3.45. The number of rotatable bonds is 8. The Balaban J connectivity index is 2.14. The van der Waals surface area contributed by atoms with Crippen LogP contribution in [0.15, 0.2) is 50.8 Å². The van der Waals surface area contributed by atoms with E-state index in [9.17, 15) is 4.79 Å². The van der Waals surface area contributed by atoms with Crippen molar-refractivity contribution >= 4 is 33.0 Å². The third-order valence-corrected chi connectivity index (χ3v) is 5.02. The largest absolute Gasteiger partial charge is 0.493 e. The Hall–Kier alpha value is -2.67. The summed E-state index contributed by atoms with van der Waals surface area (Å²) in [5.74, 6) is 1.85. The van der Waals surface area contributed by atoms with Gasteiger partial charge in [0.25, 0.3) is 5.56 Å². The molecule has 3 rings (SSSR count). The van der Waals surface area contributed by atoms with E-state index in [4.69, 9.17) is 14.5 Å². The maximum atomic E-state index is 13.2. The van der Waals surface area contributed by atoms with E-state index in [1.165, 1.54) is 4.68 Å². The Bertz CT molecular complexity index is 1120. The maximum Gasteiger partial charge on any atom is 0.282 e. The summed E-state index contributed by atoms with van der Waals surface area (Å²) in [6.45, 7) is 6.01. The lowest BCUT2D eigenvalue weighted by atomic mass is 10.2. The first-order valence-corrected chi connectivity index (χ1v) is 10.8. The highest BCUT2D eigenvalue weighted by atomic mass is 79.9. The lowest BCUT2D eigenvalue weighted by Gasteiger charge is -2.15. The summed E-state index contributed by atoms with van der Waals surface area (Å²) in [6.07, 6.45) is 4.19. The Labute approximate surface area is 184 Å². The molecule has 0 N–H and O–H groups in total. The van der Waals surface area contributed by atoms with Crippen LogP contribution in [0.5, 0.6) is 11.5 Å². The molecule has 0 bridgehead atoms. The van der Waals surface area contributed by atoms with Gasteiger partial charge in [-0.1, -0.05) is 35.3 Å². The van der Waals surface area contributed by atoms with E-state index in [1.807, 2.05) is 44.2 Å². The number of hydrogen-bond acceptors (Lipinski definition) is 5. The molecule has 0 radical (unpaired) electrons. The molecule has 0 saturated heterocycles. The fourth-order valence-electron chi connectivity index (χ4n) is 3.09. The number of unbranched alkanes of at least 4 members (excludes halogenated alkanes) is 1. The zero-order valence-electron chi connectivity index (χ0n) is 17.7. The predicted molar refractivity (Wildman–Crippen MR) is 124 cm³/mol. The Kier molecular flexibility index (Phi) is 7.26. The highest BCUT2D eigenvalue weighted by Crippen LogP contribution is 2.31. The molecule has 0 atom stereocenters. The normalized spacial score (nSPS) is 11.5. The van der Waals surface area contributed by atoms with Gasteiger partial charge in [-0.05, 0) is 50.6 Å². The van der Waals surface area contributed by atoms with Gasteiger partial charge in [0.1, 0.15) is 5.82 Å². The second-order valence-corrected chi connectivity index (χ2v) is 8.12. The van der Waals surface area contributed by atoms with Crippen molar-refractivity contribution in [2.24, 2.45) is 5.10 Å². The van der Waals surface area contributed by atoms with E-state index in [0.29, 0.717) is 34.6 Å². The molecule has 2 aromatic carbocycles. The van der Waals surface area contributed by atoms with Crippen molar-refractivity contribution in [1.29, 1.82) is 0 Å². The van der Waals surface area contributed by atoms with E-state index in [1.54, 1.807) is 19.4 Å². The zero-order valence-corrected chi connectivity index (χ0v) is 19.3. The highest BCUT2D eigenvalue weighted by molar-refractivity contribution is 9.10. The summed E-state index contributed by atoms with van der Waals surface area (Å²) in [4.78, 5) is 17.9. The molecular weight excluding hydrogens is 446 g/mol. The molecule has 3 aromatic rings. The summed E-state index contributed by atoms with van der Waals surface area (Å²) in [6, 6.07) is 11.1. The Morgan fingerprint density at radius 3 is 2.77 bits per heavy atom. The summed E-state index contributed by atoms with van der Waals surface area (Å²) in [5, 5.41) is 5.04. The first kappa shape index (κ1) is 22.0. The van der Waals surface area contributed by atoms with Gasteiger partial charge in [-0.15, -0.1) is 0 Å². The van der Waals surface area contributed by atoms with Crippen LogP contribution in [0.2, 0.25) is 0 Å². The number of benzene rings is 2. The van der Waals surface area contributed by atoms with Crippen molar-refractivity contribution in [2.45, 2.75) is 46.1 Å². The van der Waals surface area contributed by atoms with Gasteiger partial charge >= 0.3 is 0 Å². The molecule has 0 spiro atoms. The molecule has 158 valence electrons. The van der Waals surface area contributed by atoms with E-state index in [-0.39, 0.29) is 11.7 Å². The van der Waals surface area contributed by atoms with Gasteiger partial charge < -0.3 is 9.47 Å². The zero-order chi connectivity index (χ0) is 21.7. The number of fused-ring (bicyclic) bond motifs is 1. The summed E-state index contributed by atoms with van der Waals surface area (Å²) in [5.41, 5.74) is 1.20. The van der Waals surface area contributed by atoms with Crippen molar-refractivity contribution in [3.8, 4) is 11.5 Å². The van der Waals surface area contributed by atoms with Crippen LogP contribution >= 0.6 is 15.9 Å². The smallest absolute Gasteiger partial charge is 0.282 e. The third kappa shape index (κ3) is 4.90. The van der Waals surface area contributed by atoms with Crippen LogP contribution in [-0.2, 0) is 6.42 Å². The molecule has 0 unspecified atom stereocenters. The molecule has 0 aliphatic heterocycles. The van der Waals surface area contributed by atoms with Gasteiger partial charge in [0.15, 0.2) is 11.5 Å². The lowest BCUT2D eigenvalue weighted by molar-refractivity contribution is 0.230. The van der Waals surface area contributed by atoms with E-state index in [2.05, 4.69) is 28.0 Å². The summed E-state index contributed by atoms with van der Waals surface area (Å²) in [7, 11) is 1.60. The average Bonchev–Trinajstić information content (AvgIpc) is 2.72. The first-order valence-electron chi connectivity index (χ1n) is 10.0. The van der Waals surface area contributed by atoms with Gasteiger partial charge in [0.2, 0.25) is 0 Å². The van der Waals surface area contributed by atoms with Crippen molar-refractivity contribution in [3.05, 3.63) is 62.6 Å². The van der Waals surface area contributed by atoms with E-state index < -0.39 is 0 Å². The van der Waals surface area contributed by atoms with Crippen LogP contribution in [0.3, 0.4) is 0 Å². The monoisotopic (exact) mass is 471 g/mol. The Morgan fingerprint density at radius 1 is 1.27 bits per heavy atom. The van der Waals surface area contributed by atoms with Crippen LogP contribution in [0.1, 0.15) is 45.0 Å². The predicted octanol–water partition coefficient (Wildman–Crippen LogP) is 5.18. The molecule has 30 heavy (non-hydrogen) atoms. The minimum atomic E-state index is -0.196. The van der Waals surface area contributed by atoms with Gasteiger partial charge in [0.05, 0.1) is 30.3 Å². The molecule has 1 heterocycles. The average molecular weight is 472 g/mol. The number of ether oxygens (including phenoxy) is 2. The van der Waals surface area contributed by atoms with Crippen molar-refractivity contribution < 1.29 is 9.47 Å². The second-order valence-electron chi connectivity index (χ2n) is 7.20. The molecule has 6 nitrogen and oxygen atoms in total. The molecule has 0 saturated carbocycles. The minimum Gasteiger partial charge on any atom is -0.493 e. The van der Waals surface area contributed by atoms with Gasteiger partial charge in [-0.3, -0.25) is 4.79 Å². The van der Waals surface area contributed by atoms with Gasteiger partial charge in [-0.25, -0.2) is 4.98 Å². The number of hydrogen-bond donors (Lipinski definition) is 0. The molecule has 0 aliphatic rings. The molecule has 0 amide bonds. The van der Waals surface area contributed by atoms with Crippen molar-refractivity contribution in [2.75, 3.05) is 7.11 Å². The fraction of sp³-hybridized carbons (Fsp3) is 0.348. The first-order chi connectivity index (χ1) is 14.4. The van der Waals surface area contributed by atoms with Gasteiger partial charge in [-0.2, -0.15) is 9.78 Å². The van der Waals surface area contributed by atoms with Crippen LogP contribution < -0.4 is 15.0 Å². The standard InChI is InChI=1S/C23H26BrN3O3/c1-5-6-10-21-26-19-12-11-17(24)13-18(19)23(28)27(21)25-14-16-8-7-9-20(29-4)22(16)30-15(2)3/h7-9,11-15H,5-6,10H2,1-4H3. The van der Waals surface area contributed by atoms with Crippen molar-refractivity contribution in [1.82, 2.24) is 9.66 Å². The SMILES string of the molecule is CCCCc1nc2ccc(Br)cc2c(=O)n1N=Cc1cccc(OC)c1OC(C)C. The molecular formula is C23H26BrN3O3. The number of para-hydroxylation sites is 1. The third-order valence-electron chi connectivity index (χ3n) is 4.52. The number of methoxy groups -OCH3 is 1. The van der Waals surface area contributed by atoms with Crippen LogP contribution in [0.4, 0.5) is 0 Å². The molecule has 7 heteroatoms. The number of halogens is 1. The topological polar surface area (TPSA) is 65.7 Å². The Morgan fingerprint density at radius 2 is 2.07 bits per heavy atom. The second kappa shape index (κ2) is 9.89. The number of nitrogens with zero attached hydrogens (tertiary/aromatic N) is 3. The summed E-state index contributed by atoms with van der Waals surface area (Å²) < 4.78 is 13.6. The van der Waals surface area contributed by atoms with Crippen LogP contribution in [-0.4, -0.2) is 29.1 Å². The number of aromatic nitrogens is 2. The number of aryl methyl sites for hydroxylation is 1. The highest BCUT2D eigenvalue weighted by Gasteiger charge is 2.13. The maximum absolute atomic E-state index is 13.2. The van der Waals surface area contributed by atoms with Crippen LogP contribution in [0, 0.1) is 0 Å². The van der Waals surface area contributed by atoms with E-state index >= 15 is 0 Å². The lowest BCUT2D eigenvalue weighted by Crippen LogP contribution is -2.22.